The maximum absolute atomic E-state index is 12.4. The van der Waals surface area contributed by atoms with E-state index in [2.05, 4.69) is 5.16 Å². The first-order valence-electron chi connectivity index (χ1n) is 6.23. The van der Waals surface area contributed by atoms with Crippen LogP contribution < -0.4 is 5.73 Å². The first-order valence-corrected chi connectivity index (χ1v) is 7.62. The van der Waals surface area contributed by atoms with Crippen LogP contribution in [-0.4, -0.2) is 68.0 Å². The molecule has 3 N–H and O–H groups in total. The highest BCUT2D eigenvalue weighted by molar-refractivity contribution is 7.86. The van der Waals surface area contributed by atoms with Gasteiger partial charge < -0.3 is 15.7 Å². The fourth-order valence-corrected chi connectivity index (χ4v) is 3.58. The van der Waals surface area contributed by atoms with E-state index in [1.165, 1.54) is 15.7 Å². The van der Waals surface area contributed by atoms with Crippen LogP contribution in [0.15, 0.2) is 5.16 Å². The summed E-state index contributed by atoms with van der Waals surface area (Å²) in [5, 5.41) is 11.3. The number of hydrogen-bond donors (Lipinski definition) is 2. The van der Waals surface area contributed by atoms with Crippen LogP contribution in [0.1, 0.15) is 19.3 Å². The molecule has 19 heavy (non-hydrogen) atoms. The number of hydrogen-bond acceptors (Lipinski definition) is 5. The number of oxime groups is 1. The van der Waals surface area contributed by atoms with E-state index >= 15 is 0 Å². The van der Waals surface area contributed by atoms with Gasteiger partial charge in [0, 0.05) is 39.7 Å². The monoisotopic (exact) mass is 294 g/mol. The van der Waals surface area contributed by atoms with Gasteiger partial charge in [0.1, 0.15) is 5.84 Å². The van der Waals surface area contributed by atoms with E-state index in [0.29, 0.717) is 19.7 Å². The molecule has 1 aliphatic rings. The summed E-state index contributed by atoms with van der Waals surface area (Å²) in [6, 6.07) is 0. The van der Waals surface area contributed by atoms with Crippen molar-refractivity contribution in [2.24, 2.45) is 10.9 Å². The Morgan fingerprint density at radius 2 is 2.05 bits per heavy atom. The second-order valence-corrected chi connectivity index (χ2v) is 6.28. The summed E-state index contributed by atoms with van der Waals surface area (Å²) in [5.74, 6) is 0.0130. The van der Waals surface area contributed by atoms with E-state index in [1.54, 1.807) is 0 Å². The third kappa shape index (κ3) is 4.60. The topological polar surface area (TPSA) is 108 Å². The van der Waals surface area contributed by atoms with Gasteiger partial charge in [-0.15, -0.1) is 0 Å². The average Bonchev–Trinajstić information content (AvgIpc) is 2.92. The van der Waals surface area contributed by atoms with Crippen LogP contribution in [0, 0.1) is 0 Å². The van der Waals surface area contributed by atoms with Gasteiger partial charge in [-0.25, -0.2) is 0 Å². The van der Waals surface area contributed by atoms with Gasteiger partial charge in [0.25, 0.3) is 10.2 Å². The minimum absolute atomic E-state index is 0.0130. The molecule has 0 bridgehead atoms. The van der Waals surface area contributed by atoms with Crippen molar-refractivity contribution >= 4 is 16.0 Å². The van der Waals surface area contributed by atoms with E-state index in [1.807, 2.05) is 0 Å². The molecule has 1 rings (SSSR count). The average molecular weight is 294 g/mol. The van der Waals surface area contributed by atoms with Crippen LogP contribution in [0.4, 0.5) is 0 Å². The predicted octanol–water partition coefficient (Wildman–Crippen LogP) is -0.588. The maximum Gasteiger partial charge on any atom is 0.282 e. The minimum Gasteiger partial charge on any atom is -0.409 e. The molecule has 8 nitrogen and oxygen atoms in total. The Labute approximate surface area is 114 Å². The lowest BCUT2D eigenvalue weighted by Crippen LogP contribution is -2.45. The van der Waals surface area contributed by atoms with Gasteiger partial charge in [-0.05, 0) is 12.8 Å². The lowest BCUT2D eigenvalue weighted by molar-refractivity contribution is 0.177. The summed E-state index contributed by atoms with van der Waals surface area (Å²) in [5.41, 5.74) is 5.38. The molecule has 0 unspecified atom stereocenters. The molecule has 0 spiro atoms. The zero-order valence-corrected chi connectivity index (χ0v) is 12.0. The molecule has 0 aromatic rings. The largest absolute Gasteiger partial charge is 0.409 e. The lowest BCUT2D eigenvalue weighted by Gasteiger charge is -2.26. The van der Waals surface area contributed by atoms with Crippen molar-refractivity contribution in [3.63, 3.8) is 0 Å². The Bertz CT molecular complexity index is 392. The fourth-order valence-electron chi connectivity index (χ4n) is 1.91. The molecule has 0 saturated carbocycles. The maximum atomic E-state index is 12.4. The summed E-state index contributed by atoms with van der Waals surface area (Å²) in [4.78, 5) is 0. The zero-order chi connectivity index (χ0) is 14.3. The van der Waals surface area contributed by atoms with Crippen LogP contribution in [0.2, 0.25) is 0 Å². The molecule has 0 aliphatic carbocycles. The zero-order valence-electron chi connectivity index (χ0n) is 11.2. The van der Waals surface area contributed by atoms with Gasteiger partial charge in [-0.2, -0.15) is 17.0 Å². The second-order valence-electron chi connectivity index (χ2n) is 4.35. The molecule has 0 aromatic heterocycles. The third-order valence-corrected chi connectivity index (χ3v) is 5.04. The molecular weight excluding hydrogens is 272 g/mol. The Morgan fingerprint density at radius 3 is 2.58 bits per heavy atom. The summed E-state index contributed by atoms with van der Waals surface area (Å²) >= 11 is 0. The van der Waals surface area contributed by atoms with Crippen molar-refractivity contribution in [2.45, 2.75) is 19.3 Å². The van der Waals surface area contributed by atoms with Gasteiger partial charge in [0.2, 0.25) is 0 Å². The van der Waals surface area contributed by atoms with Crippen molar-refractivity contribution in [2.75, 3.05) is 39.9 Å². The molecule has 112 valence electrons. The van der Waals surface area contributed by atoms with E-state index < -0.39 is 10.2 Å². The first kappa shape index (κ1) is 16.2. The summed E-state index contributed by atoms with van der Waals surface area (Å²) in [7, 11) is -1.96. The van der Waals surface area contributed by atoms with Gasteiger partial charge in [-0.3, -0.25) is 0 Å². The van der Waals surface area contributed by atoms with Crippen LogP contribution in [-0.2, 0) is 14.9 Å². The van der Waals surface area contributed by atoms with Gasteiger partial charge in [0.05, 0.1) is 6.61 Å². The van der Waals surface area contributed by atoms with Crippen LogP contribution in [0.3, 0.4) is 0 Å². The standard InChI is InChI=1S/C10H22N4O4S/c1-18-9-8-14(7-4-10(11)12-15)19(16,17)13-5-2-3-6-13/h15H,2-9H2,1H3,(H2,11,12). The predicted molar refractivity (Wildman–Crippen MR) is 71.2 cm³/mol. The fraction of sp³-hybridized carbons (Fsp3) is 0.900. The molecule has 9 heteroatoms. The smallest absolute Gasteiger partial charge is 0.282 e. The summed E-state index contributed by atoms with van der Waals surface area (Å²) < 4.78 is 32.5. The van der Waals surface area contributed by atoms with Crippen LogP contribution in [0.25, 0.3) is 0 Å². The molecule has 0 radical (unpaired) electrons. The Hall–Kier alpha value is -0.900. The molecule has 1 fully saturated rings. The number of ether oxygens (including phenoxy) is 1. The number of amidine groups is 1. The number of nitrogens with zero attached hydrogens (tertiary/aromatic N) is 3. The van der Waals surface area contributed by atoms with Crippen molar-refractivity contribution in [3.05, 3.63) is 0 Å². The minimum atomic E-state index is -3.48. The van der Waals surface area contributed by atoms with Gasteiger partial charge in [-0.1, -0.05) is 5.16 Å². The van der Waals surface area contributed by atoms with E-state index in [-0.39, 0.29) is 25.3 Å². The normalized spacial score (nSPS) is 18.3. The van der Waals surface area contributed by atoms with Crippen LogP contribution >= 0.6 is 0 Å². The Balaban J connectivity index is 2.70. The quantitative estimate of drug-likeness (QED) is 0.269. The van der Waals surface area contributed by atoms with Crippen molar-refractivity contribution in [1.29, 1.82) is 0 Å². The van der Waals surface area contributed by atoms with Gasteiger partial charge in [0.15, 0.2) is 0 Å². The van der Waals surface area contributed by atoms with E-state index in [0.717, 1.165) is 12.8 Å². The highest BCUT2D eigenvalue weighted by Crippen LogP contribution is 2.16. The molecule has 0 atom stereocenters. The van der Waals surface area contributed by atoms with Crippen molar-refractivity contribution in [3.8, 4) is 0 Å². The third-order valence-electron chi connectivity index (χ3n) is 3.01. The van der Waals surface area contributed by atoms with E-state index in [4.69, 9.17) is 15.7 Å². The summed E-state index contributed by atoms with van der Waals surface area (Å²) in [6.07, 6.45) is 1.96. The highest BCUT2D eigenvalue weighted by Gasteiger charge is 2.31. The lowest BCUT2D eigenvalue weighted by atomic mass is 10.4. The van der Waals surface area contributed by atoms with Crippen molar-refractivity contribution < 1.29 is 18.4 Å². The Morgan fingerprint density at radius 1 is 1.42 bits per heavy atom. The van der Waals surface area contributed by atoms with Crippen molar-refractivity contribution in [1.82, 2.24) is 8.61 Å². The molecule has 0 amide bonds. The molecule has 0 aromatic carbocycles. The molecule has 1 saturated heterocycles. The second kappa shape index (κ2) is 7.63. The molecular formula is C10H22N4O4S. The number of nitrogens with two attached hydrogens (primary N) is 1. The number of methoxy groups -OCH3 is 1. The number of rotatable bonds is 8. The van der Waals surface area contributed by atoms with E-state index in [9.17, 15) is 8.42 Å². The highest BCUT2D eigenvalue weighted by atomic mass is 32.2. The van der Waals surface area contributed by atoms with Gasteiger partial charge >= 0.3 is 0 Å². The molecule has 1 aliphatic heterocycles. The first-order chi connectivity index (χ1) is 9.02. The SMILES string of the molecule is COCCN(CC/C(N)=N/O)S(=O)(=O)N1CCCC1. The Kier molecular flexibility index (Phi) is 6.49. The van der Waals surface area contributed by atoms with Crippen LogP contribution in [0.5, 0.6) is 0 Å². The molecule has 1 heterocycles. The summed E-state index contributed by atoms with van der Waals surface area (Å²) in [6.45, 7) is 1.85.